The topological polar surface area (TPSA) is 56.8 Å². The van der Waals surface area contributed by atoms with Gasteiger partial charge in [-0.25, -0.2) is 23.8 Å². The fourth-order valence-electron chi connectivity index (χ4n) is 3.95. The van der Waals surface area contributed by atoms with Gasteiger partial charge in [0.2, 0.25) is 0 Å². The second-order valence-corrected chi connectivity index (χ2v) is 7.48. The molecule has 0 bridgehead atoms. The first kappa shape index (κ1) is 18.7. The maximum atomic E-state index is 14.3. The second-order valence-electron chi connectivity index (χ2n) is 7.48. The van der Waals surface area contributed by atoms with E-state index in [0.717, 1.165) is 35.4 Å². The van der Waals surface area contributed by atoms with Crippen LogP contribution in [-0.2, 0) is 0 Å². The Morgan fingerprint density at radius 2 is 1.77 bits per heavy atom. The quantitative estimate of drug-likeness (QED) is 0.478. The van der Waals surface area contributed by atoms with Gasteiger partial charge in [0.1, 0.15) is 17.5 Å². The lowest BCUT2D eigenvalue weighted by Crippen LogP contribution is -2.35. The van der Waals surface area contributed by atoms with E-state index >= 15 is 0 Å². The van der Waals surface area contributed by atoms with Gasteiger partial charge in [0.25, 0.3) is 0 Å². The van der Waals surface area contributed by atoms with E-state index < -0.39 is 11.6 Å². The van der Waals surface area contributed by atoms with Gasteiger partial charge in [-0.3, -0.25) is 0 Å². The number of benzene rings is 2. The molecule has 152 valence electrons. The Morgan fingerprint density at radius 3 is 2.57 bits per heavy atom. The van der Waals surface area contributed by atoms with E-state index in [9.17, 15) is 8.78 Å². The largest absolute Gasteiger partial charge is 0.360 e. The molecule has 0 atom stereocenters. The Balaban J connectivity index is 1.53. The molecule has 5 nitrogen and oxygen atoms in total. The number of piperidine rings is 1. The molecule has 2 aromatic carbocycles. The van der Waals surface area contributed by atoms with Crippen LogP contribution in [0.3, 0.4) is 0 Å². The predicted molar refractivity (Wildman–Crippen MR) is 114 cm³/mol. The van der Waals surface area contributed by atoms with Crippen molar-refractivity contribution in [3.63, 3.8) is 0 Å². The minimum atomic E-state index is -0.588. The standard InChI is InChI=1S/C23H21F2N5/c24-18-5-4-6-19(25)22(18)15-7-8-20-16(13-15)17(14-27-20)23-26-10-9-21(28-23)29-30-11-2-1-3-12-30/h4-10,13-14,27H,1-3,11-12H2,(H,26,28,29). The Hall–Kier alpha value is -3.32. The van der Waals surface area contributed by atoms with E-state index in [2.05, 4.69) is 25.4 Å². The van der Waals surface area contributed by atoms with E-state index in [1.54, 1.807) is 18.3 Å². The summed E-state index contributed by atoms with van der Waals surface area (Å²) in [5.74, 6) is 0.104. The molecule has 30 heavy (non-hydrogen) atoms. The minimum absolute atomic E-state index is 0.0343. The fraction of sp³-hybridized carbons (Fsp3) is 0.217. The first-order valence-electron chi connectivity index (χ1n) is 10.1. The maximum absolute atomic E-state index is 14.3. The molecule has 0 unspecified atom stereocenters. The van der Waals surface area contributed by atoms with Crippen molar-refractivity contribution in [1.82, 2.24) is 20.0 Å². The number of nitrogens with zero attached hydrogens (tertiary/aromatic N) is 3. The molecule has 2 N–H and O–H groups in total. The van der Waals surface area contributed by atoms with Gasteiger partial charge in [0.05, 0.1) is 5.56 Å². The van der Waals surface area contributed by atoms with E-state index in [-0.39, 0.29) is 5.56 Å². The SMILES string of the molecule is Fc1cccc(F)c1-c1ccc2[nH]cc(-c3nccc(NN4CCCCC4)n3)c2c1. The van der Waals surface area contributed by atoms with Gasteiger partial charge in [-0.1, -0.05) is 18.6 Å². The smallest absolute Gasteiger partial charge is 0.163 e. The van der Waals surface area contributed by atoms with Crippen LogP contribution in [0.2, 0.25) is 0 Å². The summed E-state index contributed by atoms with van der Waals surface area (Å²) in [6.07, 6.45) is 7.14. The van der Waals surface area contributed by atoms with Crippen molar-refractivity contribution in [3.8, 4) is 22.5 Å². The van der Waals surface area contributed by atoms with Crippen LogP contribution in [0.5, 0.6) is 0 Å². The first-order valence-corrected chi connectivity index (χ1v) is 10.1. The summed E-state index contributed by atoms with van der Waals surface area (Å²) in [7, 11) is 0. The molecule has 1 aliphatic heterocycles. The number of rotatable bonds is 4. The zero-order valence-corrected chi connectivity index (χ0v) is 16.3. The van der Waals surface area contributed by atoms with Crippen LogP contribution in [0.4, 0.5) is 14.6 Å². The number of hydrazine groups is 1. The molecule has 1 fully saturated rings. The van der Waals surface area contributed by atoms with E-state index in [0.29, 0.717) is 11.4 Å². The number of aromatic nitrogens is 3. The number of H-pyrrole nitrogens is 1. The van der Waals surface area contributed by atoms with Crippen molar-refractivity contribution in [2.45, 2.75) is 19.3 Å². The van der Waals surface area contributed by atoms with Crippen molar-refractivity contribution in [3.05, 3.63) is 66.5 Å². The van der Waals surface area contributed by atoms with Gasteiger partial charge in [-0.2, -0.15) is 0 Å². The van der Waals surface area contributed by atoms with Crippen LogP contribution in [0.15, 0.2) is 54.9 Å². The van der Waals surface area contributed by atoms with Gasteiger partial charge in [-0.05, 0) is 42.7 Å². The molecule has 0 amide bonds. The summed E-state index contributed by atoms with van der Waals surface area (Å²) >= 11 is 0. The molecule has 0 spiro atoms. The molecule has 7 heteroatoms. The fourth-order valence-corrected chi connectivity index (χ4v) is 3.95. The summed E-state index contributed by atoms with van der Waals surface area (Å²) in [6.45, 7) is 1.98. The highest BCUT2D eigenvalue weighted by atomic mass is 19.1. The molecule has 4 aromatic rings. The highest BCUT2D eigenvalue weighted by Gasteiger charge is 2.16. The zero-order valence-electron chi connectivity index (χ0n) is 16.3. The molecule has 0 radical (unpaired) electrons. The molecule has 3 heterocycles. The summed E-state index contributed by atoms with van der Waals surface area (Å²) in [6, 6.07) is 11.0. The summed E-state index contributed by atoms with van der Waals surface area (Å²) < 4.78 is 28.6. The molecule has 0 aliphatic carbocycles. The van der Waals surface area contributed by atoms with E-state index in [4.69, 9.17) is 0 Å². The number of anilines is 1. The minimum Gasteiger partial charge on any atom is -0.360 e. The van der Waals surface area contributed by atoms with Gasteiger partial charge < -0.3 is 10.4 Å². The predicted octanol–water partition coefficient (Wildman–Crippen LogP) is 5.38. The zero-order chi connectivity index (χ0) is 20.5. The molecule has 2 aromatic heterocycles. The van der Waals surface area contributed by atoms with Crippen LogP contribution in [0, 0.1) is 11.6 Å². The van der Waals surface area contributed by atoms with Gasteiger partial charge in [-0.15, -0.1) is 0 Å². The lowest BCUT2D eigenvalue weighted by atomic mass is 10.0. The van der Waals surface area contributed by atoms with Crippen LogP contribution >= 0.6 is 0 Å². The summed E-state index contributed by atoms with van der Waals surface area (Å²) in [5.41, 5.74) is 5.43. The van der Waals surface area contributed by atoms with Crippen LogP contribution in [0.1, 0.15) is 19.3 Å². The van der Waals surface area contributed by atoms with Gasteiger partial charge >= 0.3 is 0 Å². The third-order valence-electron chi connectivity index (χ3n) is 5.46. The van der Waals surface area contributed by atoms with Crippen LogP contribution in [0.25, 0.3) is 33.4 Å². The number of hydrogen-bond donors (Lipinski definition) is 2. The average Bonchev–Trinajstić information content (AvgIpc) is 3.18. The highest BCUT2D eigenvalue weighted by molar-refractivity contribution is 5.96. The lowest BCUT2D eigenvalue weighted by Gasteiger charge is -2.27. The van der Waals surface area contributed by atoms with Gasteiger partial charge in [0, 0.05) is 48.0 Å². The van der Waals surface area contributed by atoms with Crippen molar-refractivity contribution < 1.29 is 8.78 Å². The number of nitrogens with one attached hydrogen (secondary N) is 2. The molecule has 5 rings (SSSR count). The highest BCUT2D eigenvalue weighted by Crippen LogP contribution is 2.33. The Labute approximate surface area is 172 Å². The Morgan fingerprint density at radius 1 is 0.967 bits per heavy atom. The maximum Gasteiger partial charge on any atom is 0.163 e. The number of halogens is 2. The van der Waals surface area contributed by atoms with E-state index in [1.165, 1.54) is 37.5 Å². The van der Waals surface area contributed by atoms with Crippen LogP contribution < -0.4 is 5.43 Å². The first-order chi connectivity index (χ1) is 14.7. The monoisotopic (exact) mass is 405 g/mol. The Bertz CT molecular complexity index is 1180. The third-order valence-corrected chi connectivity index (χ3v) is 5.46. The van der Waals surface area contributed by atoms with Gasteiger partial charge in [0.15, 0.2) is 5.82 Å². The molecule has 1 saturated heterocycles. The summed E-state index contributed by atoms with van der Waals surface area (Å²) in [4.78, 5) is 12.3. The normalized spacial score (nSPS) is 14.9. The molecule has 1 aliphatic rings. The van der Waals surface area contributed by atoms with Crippen LogP contribution in [-0.4, -0.2) is 33.1 Å². The number of fused-ring (bicyclic) bond motifs is 1. The lowest BCUT2D eigenvalue weighted by molar-refractivity contribution is 0.272. The Kier molecular flexibility index (Phi) is 4.88. The summed E-state index contributed by atoms with van der Waals surface area (Å²) in [5, 5.41) is 2.98. The number of aromatic amines is 1. The average molecular weight is 405 g/mol. The number of hydrogen-bond acceptors (Lipinski definition) is 4. The van der Waals surface area contributed by atoms with Crippen molar-refractivity contribution in [2.75, 3.05) is 18.5 Å². The van der Waals surface area contributed by atoms with E-state index in [1.807, 2.05) is 18.3 Å². The van der Waals surface area contributed by atoms with Crippen molar-refractivity contribution in [1.29, 1.82) is 0 Å². The molecular formula is C23H21F2N5. The van der Waals surface area contributed by atoms with Crippen molar-refractivity contribution in [2.24, 2.45) is 0 Å². The molecular weight excluding hydrogens is 384 g/mol. The molecule has 0 saturated carbocycles. The second kappa shape index (κ2) is 7.84. The third kappa shape index (κ3) is 3.52. The van der Waals surface area contributed by atoms with Crippen molar-refractivity contribution >= 4 is 16.7 Å².